The average Bonchev–Trinajstić information content (AvgIpc) is 2.68. The number of ether oxygens (including phenoxy) is 2. The van der Waals surface area contributed by atoms with Gasteiger partial charge in [-0.2, -0.15) is 0 Å². The van der Waals surface area contributed by atoms with Gasteiger partial charge in [0, 0.05) is 29.7 Å². The number of nitrogens with zero attached hydrogens (tertiary/aromatic N) is 1. The van der Waals surface area contributed by atoms with Gasteiger partial charge in [0.1, 0.15) is 13.2 Å². The monoisotopic (exact) mass is 382 g/mol. The highest BCUT2D eigenvalue weighted by Gasteiger charge is 2.21. The van der Waals surface area contributed by atoms with Gasteiger partial charge >= 0.3 is 6.03 Å². The van der Waals surface area contributed by atoms with E-state index in [1.165, 1.54) is 0 Å². The van der Waals surface area contributed by atoms with Crippen LogP contribution in [0.1, 0.15) is 12.0 Å². The molecule has 0 spiro atoms. The number of nitrogens with one attached hydrogen (secondary N) is 2. The van der Waals surface area contributed by atoms with Crippen LogP contribution in [0, 0.1) is 0 Å². The smallest absolute Gasteiger partial charge is 0.325 e. The van der Waals surface area contributed by atoms with Crippen molar-refractivity contribution in [2.24, 2.45) is 0 Å². The predicted octanol–water partition coefficient (Wildman–Crippen LogP) is 2.14. The molecule has 0 radical (unpaired) electrons. The van der Waals surface area contributed by atoms with Gasteiger partial charge in [-0.05, 0) is 42.7 Å². The molecule has 0 unspecified atom stereocenters. The highest BCUT2D eigenvalue weighted by Crippen LogP contribution is 2.33. The van der Waals surface area contributed by atoms with Crippen LogP contribution in [-0.4, -0.2) is 38.2 Å². The summed E-state index contributed by atoms with van der Waals surface area (Å²) in [7, 11) is 0. The van der Waals surface area contributed by atoms with Crippen molar-refractivity contribution >= 4 is 29.0 Å². The van der Waals surface area contributed by atoms with Crippen molar-refractivity contribution in [1.29, 1.82) is 0 Å². The Hall–Kier alpha value is -3.42. The molecule has 146 valence electrons. The maximum atomic E-state index is 12.3. The number of fused-ring (bicyclic) bond motifs is 2. The number of carbonyl (C=O) groups is 2. The molecule has 2 heterocycles. The van der Waals surface area contributed by atoms with Crippen LogP contribution in [0.3, 0.4) is 0 Å². The van der Waals surface area contributed by atoms with Crippen LogP contribution in [0.4, 0.5) is 21.9 Å². The number of benzene rings is 2. The lowest BCUT2D eigenvalue weighted by molar-refractivity contribution is -0.118. The molecule has 28 heavy (non-hydrogen) atoms. The number of urea groups is 1. The first kappa shape index (κ1) is 18.0. The molecule has 3 amide bonds. The molecule has 2 aliphatic heterocycles. The van der Waals surface area contributed by atoms with Crippen molar-refractivity contribution in [2.45, 2.75) is 12.8 Å². The van der Waals surface area contributed by atoms with Gasteiger partial charge in [0.2, 0.25) is 5.91 Å². The van der Waals surface area contributed by atoms with E-state index in [9.17, 15) is 9.59 Å². The Morgan fingerprint density at radius 1 is 1.11 bits per heavy atom. The fraction of sp³-hybridized carbons (Fsp3) is 0.300. The number of hydrogen-bond donors (Lipinski definition) is 3. The molecular formula is C20H22N4O4. The zero-order valence-corrected chi connectivity index (χ0v) is 15.4. The third-order valence-electron chi connectivity index (χ3n) is 4.77. The number of nitrogen functional groups attached to an aromatic ring is 1. The number of anilines is 3. The van der Waals surface area contributed by atoms with Crippen LogP contribution in [0.5, 0.6) is 11.5 Å². The molecule has 2 aromatic carbocycles. The second kappa shape index (κ2) is 7.67. The second-order valence-electron chi connectivity index (χ2n) is 6.73. The molecule has 2 aliphatic rings. The SMILES string of the molecule is Nc1cccc2c1CCCN2CC(=O)NC(=O)Nc1ccc2c(c1)OCCO2. The van der Waals surface area contributed by atoms with Gasteiger partial charge < -0.3 is 25.4 Å². The summed E-state index contributed by atoms with van der Waals surface area (Å²) in [4.78, 5) is 26.5. The predicted molar refractivity (Wildman–Crippen MR) is 106 cm³/mol. The Morgan fingerprint density at radius 2 is 1.93 bits per heavy atom. The van der Waals surface area contributed by atoms with Crippen LogP contribution < -0.4 is 30.7 Å². The fourth-order valence-electron chi connectivity index (χ4n) is 3.52. The van der Waals surface area contributed by atoms with Crippen molar-refractivity contribution in [3.05, 3.63) is 42.0 Å². The molecule has 0 bridgehead atoms. The van der Waals surface area contributed by atoms with E-state index >= 15 is 0 Å². The summed E-state index contributed by atoms with van der Waals surface area (Å²) >= 11 is 0. The van der Waals surface area contributed by atoms with Crippen LogP contribution in [-0.2, 0) is 11.2 Å². The Morgan fingerprint density at radius 3 is 2.79 bits per heavy atom. The van der Waals surface area contributed by atoms with E-state index in [-0.39, 0.29) is 12.5 Å². The average molecular weight is 382 g/mol. The van der Waals surface area contributed by atoms with Crippen molar-refractivity contribution < 1.29 is 19.1 Å². The lowest BCUT2D eigenvalue weighted by Gasteiger charge is -2.31. The minimum atomic E-state index is -0.591. The molecular weight excluding hydrogens is 360 g/mol. The maximum absolute atomic E-state index is 12.3. The van der Waals surface area contributed by atoms with Gasteiger partial charge in [-0.3, -0.25) is 10.1 Å². The van der Waals surface area contributed by atoms with Gasteiger partial charge in [0.25, 0.3) is 0 Å². The summed E-state index contributed by atoms with van der Waals surface area (Å²) in [6.07, 6.45) is 1.81. The third kappa shape index (κ3) is 3.80. The molecule has 8 nitrogen and oxygen atoms in total. The zero-order valence-electron chi connectivity index (χ0n) is 15.4. The van der Waals surface area contributed by atoms with Crippen molar-refractivity contribution in [2.75, 3.05) is 42.3 Å². The van der Waals surface area contributed by atoms with Gasteiger partial charge in [-0.1, -0.05) is 6.07 Å². The normalized spacial score (nSPS) is 14.8. The molecule has 2 aromatic rings. The minimum absolute atomic E-state index is 0.0883. The summed E-state index contributed by atoms with van der Waals surface area (Å²) in [6.45, 7) is 1.79. The van der Waals surface area contributed by atoms with Crippen molar-refractivity contribution in [1.82, 2.24) is 5.32 Å². The number of imide groups is 1. The van der Waals surface area contributed by atoms with Crippen LogP contribution in [0.25, 0.3) is 0 Å². The Bertz CT molecular complexity index is 915. The van der Waals surface area contributed by atoms with Gasteiger partial charge in [-0.25, -0.2) is 4.79 Å². The molecule has 0 saturated carbocycles. The van der Waals surface area contributed by atoms with E-state index in [2.05, 4.69) is 10.6 Å². The van der Waals surface area contributed by atoms with E-state index < -0.39 is 6.03 Å². The van der Waals surface area contributed by atoms with Gasteiger partial charge in [0.15, 0.2) is 11.5 Å². The number of amides is 3. The standard InChI is InChI=1S/C20H22N4O4/c21-15-4-1-5-16-14(15)3-2-8-24(16)12-19(25)23-20(26)22-13-6-7-17-18(11-13)28-10-9-27-17/h1,4-7,11H,2-3,8-10,12,21H2,(H2,22,23,25,26). The lowest BCUT2D eigenvalue weighted by Crippen LogP contribution is -2.43. The van der Waals surface area contributed by atoms with E-state index in [0.717, 1.165) is 36.3 Å². The molecule has 0 fully saturated rings. The van der Waals surface area contributed by atoms with E-state index in [0.29, 0.717) is 30.4 Å². The fourth-order valence-corrected chi connectivity index (χ4v) is 3.52. The van der Waals surface area contributed by atoms with Gasteiger partial charge in [-0.15, -0.1) is 0 Å². The van der Waals surface area contributed by atoms with Gasteiger partial charge in [0.05, 0.1) is 6.54 Å². The lowest BCUT2D eigenvalue weighted by atomic mass is 10.00. The maximum Gasteiger partial charge on any atom is 0.325 e. The first-order valence-electron chi connectivity index (χ1n) is 9.23. The largest absolute Gasteiger partial charge is 0.486 e. The first-order chi connectivity index (χ1) is 13.6. The van der Waals surface area contributed by atoms with E-state index in [1.54, 1.807) is 18.2 Å². The second-order valence-corrected chi connectivity index (χ2v) is 6.73. The number of rotatable bonds is 3. The summed E-state index contributed by atoms with van der Waals surface area (Å²) in [5.41, 5.74) is 9.30. The summed E-state index contributed by atoms with van der Waals surface area (Å²) in [5.74, 6) is 0.819. The first-order valence-corrected chi connectivity index (χ1v) is 9.23. The number of nitrogens with two attached hydrogens (primary N) is 1. The molecule has 8 heteroatoms. The Balaban J connectivity index is 1.36. The highest BCUT2D eigenvalue weighted by atomic mass is 16.6. The molecule has 0 atom stereocenters. The molecule has 0 saturated heterocycles. The van der Waals surface area contributed by atoms with E-state index in [4.69, 9.17) is 15.2 Å². The number of carbonyl (C=O) groups excluding carboxylic acids is 2. The van der Waals surface area contributed by atoms with Crippen molar-refractivity contribution in [3.8, 4) is 11.5 Å². The highest BCUT2D eigenvalue weighted by molar-refractivity contribution is 6.02. The molecule has 4 rings (SSSR count). The summed E-state index contributed by atoms with van der Waals surface area (Å²) in [5, 5.41) is 5.01. The Labute approximate surface area is 162 Å². The molecule has 4 N–H and O–H groups in total. The zero-order chi connectivity index (χ0) is 19.5. The minimum Gasteiger partial charge on any atom is -0.486 e. The quantitative estimate of drug-likeness (QED) is 0.703. The van der Waals surface area contributed by atoms with Crippen LogP contribution >= 0.6 is 0 Å². The van der Waals surface area contributed by atoms with Crippen LogP contribution in [0.2, 0.25) is 0 Å². The Kier molecular flexibility index (Phi) is 4.92. The molecule has 0 aliphatic carbocycles. The topological polar surface area (TPSA) is 106 Å². The number of hydrogen-bond acceptors (Lipinski definition) is 6. The summed E-state index contributed by atoms with van der Waals surface area (Å²) < 4.78 is 10.9. The summed E-state index contributed by atoms with van der Waals surface area (Å²) in [6, 6.07) is 10.2. The van der Waals surface area contributed by atoms with Crippen molar-refractivity contribution in [3.63, 3.8) is 0 Å². The van der Waals surface area contributed by atoms with E-state index in [1.807, 2.05) is 23.1 Å². The third-order valence-corrected chi connectivity index (χ3v) is 4.77. The molecule has 0 aromatic heterocycles. The van der Waals surface area contributed by atoms with Crippen LogP contribution in [0.15, 0.2) is 36.4 Å².